The summed E-state index contributed by atoms with van der Waals surface area (Å²) in [5.74, 6) is 0.734. The third-order valence-electron chi connectivity index (χ3n) is 2.73. The number of rotatable bonds is 9. The van der Waals surface area contributed by atoms with Crippen LogP contribution in [0.3, 0.4) is 0 Å². The van der Waals surface area contributed by atoms with Crippen molar-refractivity contribution < 1.29 is 15.5 Å². The van der Waals surface area contributed by atoms with Gasteiger partial charge in [-0.15, -0.1) is 0 Å². The summed E-state index contributed by atoms with van der Waals surface area (Å²) in [5, 5.41) is 19.9. The molecular formula is C13H28NO2+. The molecule has 4 N–H and O–H groups in total. The summed E-state index contributed by atoms with van der Waals surface area (Å²) in [7, 11) is 0. The van der Waals surface area contributed by atoms with Crippen LogP contribution in [0.2, 0.25) is 0 Å². The van der Waals surface area contributed by atoms with Crippen LogP contribution in [0.1, 0.15) is 40.0 Å². The molecule has 16 heavy (non-hydrogen) atoms. The lowest BCUT2D eigenvalue weighted by Gasteiger charge is -2.10. The van der Waals surface area contributed by atoms with Gasteiger partial charge in [0, 0.05) is 0 Å². The van der Waals surface area contributed by atoms with Crippen LogP contribution in [-0.2, 0) is 0 Å². The smallest absolute Gasteiger partial charge is 0.126 e. The largest absolute Gasteiger partial charge is 0.393 e. The molecule has 0 saturated heterocycles. The van der Waals surface area contributed by atoms with Crippen molar-refractivity contribution in [2.45, 2.75) is 46.1 Å². The highest BCUT2D eigenvalue weighted by molar-refractivity contribution is 4.92. The fraction of sp³-hybridized carbons (Fsp3) is 0.846. The monoisotopic (exact) mass is 230 g/mol. The average Bonchev–Trinajstić information content (AvgIpc) is 2.23. The molecule has 0 saturated carbocycles. The van der Waals surface area contributed by atoms with Crippen molar-refractivity contribution in [2.24, 2.45) is 5.92 Å². The molecule has 0 aliphatic heterocycles. The first-order valence-corrected chi connectivity index (χ1v) is 6.30. The van der Waals surface area contributed by atoms with E-state index in [-0.39, 0.29) is 6.61 Å². The first-order chi connectivity index (χ1) is 7.56. The fourth-order valence-electron chi connectivity index (χ4n) is 1.59. The molecule has 0 amide bonds. The molecule has 0 aliphatic rings. The lowest BCUT2D eigenvalue weighted by atomic mass is 10.0. The van der Waals surface area contributed by atoms with E-state index >= 15 is 0 Å². The van der Waals surface area contributed by atoms with Gasteiger partial charge in [-0.2, -0.15) is 0 Å². The maximum absolute atomic E-state index is 9.14. The summed E-state index contributed by atoms with van der Waals surface area (Å²) in [6.07, 6.45) is 5.30. The Morgan fingerprint density at radius 2 is 2.00 bits per heavy atom. The van der Waals surface area contributed by atoms with Gasteiger partial charge >= 0.3 is 0 Å². The topological polar surface area (TPSA) is 57.1 Å². The molecule has 0 radical (unpaired) electrons. The quantitative estimate of drug-likeness (QED) is 0.403. The van der Waals surface area contributed by atoms with Crippen LogP contribution < -0.4 is 5.32 Å². The molecule has 2 atom stereocenters. The summed E-state index contributed by atoms with van der Waals surface area (Å²) in [6.45, 7) is 8.05. The second-order valence-corrected chi connectivity index (χ2v) is 4.90. The number of quaternary nitrogens is 1. The van der Waals surface area contributed by atoms with E-state index in [4.69, 9.17) is 10.2 Å². The Morgan fingerprint density at radius 1 is 1.31 bits per heavy atom. The molecule has 0 unspecified atom stereocenters. The van der Waals surface area contributed by atoms with Crippen molar-refractivity contribution in [2.75, 3.05) is 19.7 Å². The summed E-state index contributed by atoms with van der Waals surface area (Å²) in [5.41, 5.74) is 1.39. The molecule has 0 rings (SSSR count). The Bertz CT molecular complexity index is 188. The molecule has 0 aromatic carbocycles. The van der Waals surface area contributed by atoms with Gasteiger partial charge in [-0.3, -0.25) is 0 Å². The molecule has 0 aromatic rings. The molecule has 3 nitrogen and oxygen atoms in total. The first kappa shape index (κ1) is 15.6. The number of aliphatic hydroxyl groups is 2. The molecule has 0 spiro atoms. The Balaban J connectivity index is 3.37. The van der Waals surface area contributed by atoms with Crippen molar-refractivity contribution in [3.63, 3.8) is 0 Å². The van der Waals surface area contributed by atoms with Gasteiger partial charge in [0.05, 0.1) is 13.2 Å². The van der Waals surface area contributed by atoms with E-state index < -0.39 is 6.10 Å². The highest BCUT2D eigenvalue weighted by atomic mass is 16.3. The predicted molar refractivity (Wildman–Crippen MR) is 67.2 cm³/mol. The van der Waals surface area contributed by atoms with Crippen LogP contribution in [0, 0.1) is 5.92 Å². The van der Waals surface area contributed by atoms with Crippen LogP contribution in [0.4, 0.5) is 0 Å². The maximum Gasteiger partial charge on any atom is 0.126 e. The molecule has 0 fully saturated rings. The highest BCUT2D eigenvalue weighted by Crippen LogP contribution is 2.10. The van der Waals surface area contributed by atoms with Crippen molar-refractivity contribution in [1.29, 1.82) is 0 Å². The fourth-order valence-corrected chi connectivity index (χ4v) is 1.59. The zero-order chi connectivity index (χ0) is 12.4. The number of hydrogen-bond donors (Lipinski definition) is 3. The molecule has 96 valence electrons. The molecule has 0 aromatic heterocycles. The predicted octanol–water partition coefficient (Wildman–Crippen LogP) is 0.676. The van der Waals surface area contributed by atoms with E-state index in [1.165, 1.54) is 24.8 Å². The van der Waals surface area contributed by atoms with Gasteiger partial charge in [0.2, 0.25) is 0 Å². The lowest BCUT2D eigenvalue weighted by Crippen LogP contribution is -2.86. The summed E-state index contributed by atoms with van der Waals surface area (Å²) in [4.78, 5) is 0. The molecule has 0 aliphatic carbocycles. The highest BCUT2D eigenvalue weighted by Gasteiger charge is 2.05. The average molecular weight is 230 g/mol. The number of aliphatic hydroxyl groups excluding tert-OH is 2. The van der Waals surface area contributed by atoms with Crippen LogP contribution in [-0.4, -0.2) is 36.0 Å². The van der Waals surface area contributed by atoms with E-state index in [0.29, 0.717) is 6.54 Å². The number of hydrogen-bond acceptors (Lipinski definition) is 2. The van der Waals surface area contributed by atoms with E-state index in [9.17, 15) is 0 Å². The first-order valence-electron chi connectivity index (χ1n) is 6.30. The van der Waals surface area contributed by atoms with E-state index in [1.807, 2.05) is 0 Å². The third-order valence-corrected chi connectivity index (χ3v) is 2.73. The van der Waals surface area contributed by atoms with Gasteiger partial charge in [-0.25, -0.2) is 0 Å². The molecular weight excluding hydrogens is 202 g/mol. The SMILES string of the molecule is CC(C)=CCC[C@H](C)CC[NH2+]C[C@@H](O)CO. The van der Waals surface area contributed by atoms with E-state index in [2.05, 4.69) is 32.2 Å². The van der Waals surface area contributed by atoms with Crippen LogP contribution >= 0.6 is 0 Å². The van der Waals surface area contributed by atoms with Crippen LogP contribution in [0.5, 0.6) is 0 Å². The van der Waals surface area contributed by atoms with Gasteiger partial charge in [0.15, 0.2) is 0 Å². The summed E-state index contributed by atoms with van der Waals surface area (Å²) >= 11 is 0. The third kappa shape index (κ3) is 10.1. The Hall–Kier alpha value is -0.380. The van der Waals surface area contributed by atoms with Crippen molar-refractivity contribution in [3.05, 3.63) is 11.6 Å². The second-order valence-electron chi connectivity index (χ2n) is 4.90. The van der Waals surface area contributed by atoms with Crippen molar-refractivity contribution in [3.8, 4) is 0 Å². The Kier molecular flexibility index (Phi) is 9.59. The Morgan fingerprint density at radius 3 is 2.56 bits per heavy atom. The minimum absolute atomic E-state index is 0.132. The molecule has 0 bridgehead atoms. The maximum atomic E-state index is 9.14. The van der Waals surface area contributed by atoms with Gasteiger partial charge in [-0.05, 0) is 39.0 Å². The van der Waals surface area contributed by atoms with E-state index in [1.54, 1.807) is 0 Å². The van der Waals surface area contributed by atoms with Crippen LogP contribution in [0.25, 0.3) is 0 Å². The molecule has 0 heterocycles. The number of allylic oxidation sites excluding steroid dienone is 2. The van der Waals surface area contributed by atoms with Gasteiger partial charge in [0.1, 0.15) is 12.6 Å². The summed E-state index contributed by atoms with van der Waals surface area (Å²) in [6, 6.07) is 0. The van der Waals surface area contributed by atoms with E-state index in [0.717, 1.165) is 12.5 Å². The summed E-state index contributed by atoms with van der Waals surface area (Å²) < 4.78 is 0. The van der Waals surface area contributed by atoms with Gasteiger partial charge < -0.3 is 15.5 Å². The zero-order valence-electron chi connectivity index (χ0n) is 10.9. The standard InChI is InChI=1S/C13H27NO2/c1-11(2)5-4-6-12(3)7-8-14-9-13(16)10-15/h5,12-16H,4,6-10H2,1-3H3/p+1/t12-,13+/m0/s1. The second kappa shape index (κ2) is 9.82. The van der Waals surface area contributed by atoms with Gasteiger partial charge in [-0.1, -0.05) is 18.6 Å². The normalized spacial score (nSPS) is 14.6. The van der Waals surface area contributed by atoms with Crippen molar-refractivity contribution >= 4 is 0 Å². The minimum atomic E-state index is -0.569. The number of nitrogens with two attached hydrogens (primary N) is 1. The van der Waals surface area contributed by atoms with Gasteiger partial charge in [0.25, 0.3) is 0 Å². The van der Waals surface area contributed by atoms with Crippen molar-refractivity contribution in [1.82, 2.24) is 0 Å². The molecule has 3 heteroatoms. The zero-order valence-corrected chi connectivity index (χ0v) is 10.9. The lowest BCUT2D eigenvalue weighted by molar-refractivity contribution is -0.662. The Labute approximate surface area is 99.6 Å². The van der Waals surface area contributed by atoms with Crippen LogP contribution in [0.15, 0.2) is 11.6 Å². The minimum Gasteiger partial charge on any atom is -0.393 e.